The van der Waals surface area contributed by atoms with Gasteiger partial charge in [0.15, 0.2) is 5.58 Å². The number of ether oxygens (including phenoxy) is 2. The maximum atomic E-state index is 13.6. The lowest BCUT2D eigenvalue weighted by atomic mass is 10.1. The fourth-order valence-corrected chi connectivity index (χ4v) is 3.89. The molecule has 8 nitrogen and oxygen atoms in total. The van der Waals surface area contributed by atoms with Gasteiger partial charge in [-0.25, -0.2) is 4.99 Å². The van der Waals surface area contributed by atoms with Gasteiger partial charge in [0, 0.05) is 23.6 Å². The van der Waals surface area contributed by atoms with Crippen LogP contribution in [0.3, 0.4) is 0 Å². The lowest BCUT2D eigenvalue weighted by Gasteiger charge is -2.12. The Morgan fingerprint density at radius 3 is 2.59 bits per heavy atom. The number of fused-ring (bicyclic) bond motifs is 1. The molecule has 190 valence electrons. The van der Waals surface area contributed by atoms with Crippen LogP contribution in [0.2, 0.25) is 0 Å². The number of esters is 1. The molecule has 0 aliphatic rings. The summed E-state index contributed by atoms with van der Waals surface area (Å²) in [6, 6.07) is 14.7. The monoisotopic (exact) mass is 499 g/mol. The van der Waals surface area contributed by atoms with Crippen LogP contribution in [0.5, 0.6) is 5.75 Å². The second kappa shape index (κ2) is 11.1. The predicted octanol–water partition coefficient (Wildman–Crippen LogP) is 5.70. The summed E-state index contributed by atoms with van der Waals surface area (Å²) in [6.07, 6.45) is 1.88. The Bertz CT molecular complexity index is 1560. The number of benzene rings is 2. The molecule has 2 heterocycles. The summed E-state index contributed by atoms with van der Waals surface area (Å²) in [5, 5.41) is 3.51. The Labute approximate surface area is 215 Å². The average Bonchev–Trinajstić information content (AvgIpc) is 2.89. The largest absolute Gasteiger partial charge is 0.495 e. The molecule has 0 unspecified atom stereocenters. The summed E-state index contributed by atoms with van der Waals surface area (Å²) in [6.45, 7) is 7.50. The summed E-state index contributed by atoms with van der Waals surface area (Å²) in [4.78, 5) is 34.5. The molecule has 37 heavy (non-hydrogen) atoms. The number of rotatable bonds is 7. The van der Waals surface area contributed by atoms with Crippen molar-refractivity contribution in [3.8, 4) is 5.75 Å². The number of hydrogen-bond donors (Lipinski definition) is 1. The van der Waals surface area contributed by atoms with E-state index < -0.39 is 5.91 Å². The van der Waals surface area contributed by atoms with E-state index in [2.05, 4.69) is 10.3 Å². The first-order chi connectivity index (χ1) is 17.8. The fraction of sp³-hybridized carbons (Fsp3) is 0.241. The first-order valence-electron chi connectivity index (χ1n) is 11.9. The van der Waals surface area contributed by atoms with Crippen molar-refractivity contribution in [1.29, 1.82) is 0 Å². The maximum absolute atomic E-state index is 13.6. The second-order valence-corrected chi connectivity index (χ2v) is 8.65. The molecule has 2 aromatic heterocycles. The minimum Gasteiger partial charge on any atom is -0.495 e. The van der Waals surface area contributed by atoms with Crippen LogP contribution in [0.15, 0.2) is 64.1 Å². The molecule has 0 saturated heterocycles. The highest BCUT2D eigenvalue weighted by atomic mass is 16.5. The number of hydrogen-bond acceptors (Lipinski definition) is 7. The number of nitrogens with one attached hydrogen (secondary N) is 1. The number of nitrogens with zero attached hydrogens (tertiary/aromatic N) is 2. The van der Waals surface area contributed by atoms with Gasteiger partial charge in [0.05, 0.1) is 24.2 Å². The molecular weight excluding hydrogens is 470 g/mol. The van der Waals surface area contributed by atoms with Gasteiger partial charge in [0.1, 0.15) is 17.9 Å². The van der Waals surface area contributed by atoms with Crippen LogP contribution in [0.1, 0.15) is 46.1 Å². The zero-order chi connectivity index (χ0) is 26.5. The van der Waals surface area contributed by atoms with Crippen LogP contribution >= 0.6 is 0 Å². The van der Waals surface area contributed by atoms with E-state index in [1.54, 1.807) is 37.4 Å². The second-order valence-electron chi connectivity index (χ2n) is 8.65. The summed E-state index contributed by atoms with van der Waals surface area (Å²) in [7, 11) is 1.54. The Kier molecular flexibility index (Phi) is 7.67. The molecule has 2 aromatic carbocycles. The molecule has 0 spiro atoms. The topological polar surface area (TPSA) is 103 Å². The zero-order valence-electron chi connectivity index (χ0n) is 21.5. The third-order valence-corrected chi connectivity index (χ3v) is 5.90. The number of aromatic nitrogens is 1. The van der Waals surface area contributed by atoms with Crippen molar-refractivity contribution in [3.05, 3.63) is 88.2 Å². The summed E-state index contributed by atoms with van der Waals surface area (Å²) >= 11 is 0. The van der Waals surface area contributed by atoms with E-state index in [0.717, 1.165) is 11.1 Å². The number of amides is 1. The van der Waals surface area contributed by atoms with Crippen LogP contribution in [-0.4, -0.2) is 24.0 Å². The van der Waals surface area contributed by atoms with Gasteiger partial charge in [-0.3, -0.25) is 14.6 Å². The highest BCUT2D eigenvalue weighted by Crippen LogP contribution is 2.26. The molecule has 0 saturated carbocycles. The van der Waals surface area contributed by atoms with E-state index in [1.807, 2.05) is 45.0 Å². The molecule has 0 aliphatic carbocycles. The highest BCUT2D eigenvalue weighted by molar-refractivity contribution is 6.06. The minimum atomic E-state index is -0.426. The molecule has 0 aliphatic heterocycles. The molecule has 0 bridgehead atoms. The smallest absolute Gasteiger partial charge is 0.305 e. The van der Waals surface area contributed by atoms with Crippen molar-refractivity contribution in [2.75, 3.05) is 12.4 Å². The molecule has 1 amide bonds. The number of para-hydroxylation sites is 2. The maximum Gasteiger partial charge on any atom is 0.305 e. The lowest BCUT2D eigenvalue weighted by molar-refractivity contribution is -0.144. The zero-order valence-corrected chi connectivity index (χ0v) is 21.5. The molecule has 0 fully saturated rings. The Morgan fingerprint density at radius 2 is 1.86 bits per heavy atom. The predicted molar refractivity (Wildman–Crippen MR) is 141 cm³/mol. The third-order valence-electron chi connectivity index (χ3n) is 5.90. The van der Waals surface area contributed by atoms with Crippen LogP contribution in [-0.2, 0) is 16.1 Å². The van der Waals surface area contributed by atoms with Crippen LogP contribution in [0, 0.1) is 20.8 Å². The van der Waals surface area contributed by atoms with Gasteiger partial charge in [-0.05, 0) is 50.6 Å². The van der Waals surface area contributed by atoms with Crippen molar-refractivity contribution in [2.45, 2.75) is 40.7 Å². The Hall–Kier alpha value is -4.46. The molecular formula is C29H29N3O5. The number of methoxy groups -OCH3 is 1. The molecule has 4 rings (SSSR count). The SMILES string of the molecule is CCC(=O)OCc1cnc(C)c2oc(=Nc3ccc(C)cc3C)c(C(=O)Nc3ccccc3OC)cc12. The van der Waals surface area contributed by atoms with E-state index in [-0.39, 0.29) is 30.1 Å². The standard InChI is InChI=1S/C29H29N3O5/c1-6-26(33)36-16-20-15-30-19(4)27-21(20)14-22(28(34)31-24-9-7-8-10-25(24)35-5)29(37-27)32-23-12-11-17(2)13-18(23)3/h7-15H,6,16H2,1-5H3,(H,31,34). The van der Waals surface area contributed by atoms with E-state index >= 15 is 0 Å². The van der Waals surface area contributed by atoms with Gasteiger partial charge >= 0.3 is 5.97 Å². The lowest BCUT2D eigenvalue weighted by Crippen LogP contribution is -2.22. The number of carbonyl (C=O) groups excluding carboxylic acids is 2. The van der Waals surface area contributed by atoms with Crippen molar-refractivity contribution in [1.82, 2.24) is 4.98 Å². The van der Waals surface area contributed by atoms with Gasteiger partial charge in [0.2, 0.25) is 5.55 Å². The summed E-state index contributed by atoms with van der Waals surface area (Å²) < 4.78 is 17.0. The average molecular weight is 500 g/mol. The third kappa shape index (κ3) is 5.69. The van der Waals surface area contributed by atoms with Gasteiger partial charge in [-0.1, -0.05) is 36.8 Å². The normalized spacial score (nSPS) is 11.4. The summed E-state index contributed by atoms with van der Waals surface area (Å²) in [5.41, 5.74) is 5.29. The van der Waals surface area contributed by atoms with Gasteiger partial charge in [-0.15, -0.1) is 0 Å². The van der Waals surface area contributed by atoms with Crippen molar-refractivity contribution < 1.29 is 23.5 Å². The number of anilines is 1. The van der Waals surface area contributed by atoms with Crippen molar-refractivity contribution in [2.24, 2.45) is 4.99 Å². The van der Waals surface area contributed by atoms with E-state index in [4.69, 9.17) is 18.9 Å². The number of carbonyl (C=O) groups is 2. The molecule has 1 N–H and O–H groups in total. The van der Waals surface area contributed by atoms with Gasteiger partial charge in [-0.2, -0.15) is 0 Å². The quantitative estimate of drug-likeness (QED) is 0.327. The van der Waals surface area contributed by atoms with Crippen LogP contribution in [0.4, 0.5) is 11.4 Å². The first-order valence-corrected chi connectivity index (χ1v) is 11.9. The molecule has 0 radical (unpaired) electrons. The number of pyridine rings is 1. The van der Waals surface area contributed by atoms with Crippen molar-refractivity contribution in [3.63, 3.8) is 0 Å². The summed E-state index contributed by atoms with van der Waals surface area (Å²) in [5.74, 6) is -0.237. The van der Waals surface area contributed by atoms with Crippen LogP contribution < -0.4 is 15.6 Å². The van der Waals surface area contributed by atoms with Gasteiger partial charge < -0.3 is 19.2 Å². The van der Waals surface area contributed by atoms with E-state index in [1.165, 1.54) is 7.11 Å². The first kappa shape index (κ1) is 25.6. The molecule has 0 atom stereocenters. The van der Waals surface area contributed by atoms with Crippen molar-refractivity contribution >= 4 is 34.2 Å². The highest BCUT2D eigenvalue weighted by Gasteiger charge is 2.18. The van der Waals surface area contributed by atoms with E-state index in [9.17, 15) is 9.59 Å². The minimum absolute atomic E-state index is 0.00704. The van der Waals surface area contributed by atoms with Gasteiger partial charge in [0.25, 0.3) is 5.91 Å². The van der Waals surface area contributed by atoms with Crippen LogP contribution in [0.25, 0.3) is 11.0 Å². The van der Waals surface area contributed by atoms with E-state index in [0.29, 0.717) is 39.4 Å². The number of aryl methyl sites for hydroxylation is 3. The fourth-order valence-electron chi connectivity index (χ4n) is 3.89. The molecule has 8 heteroatoms. The molecule has 4 aromatic rings. The Balaban J connectivity index is 1.91. The Morgan fingerprint density at radius 1 is 1.08 bits per heavy atom.